The van der Waals surface area contributed by atoms with Crippen molar-refractivity contribution in [1.82, 2.24) is 5.32 Å². The van der Waals surface area contributed by atoms with Crippen LogP contribution in [-0.2, 0) is 0 Å². The van der Waals surface area contributed by atoms with Crippen molar-refractivity contribution in [2.24, 2.45) is 0 Å². The Morgan fingerprint density at radius 1 is 1.09 bits per heavy atom. The van der Waals surface area contributed by atoms with Crippen LogP contribution in [-0.4, -0.2) is 32.1 Å². The molecule has 0 atom stereocenters. The summed E-state index contributed by atoms with van der Waals surface area (Å²) in [4.78, 5) is 14.5. The summed E-state index contributed by atoms with van der Waals surface area (Å²) in [5.41, 5.74) is 2.06. The number of hydrogen-bond acceptors (Lipinski definition) is 3. The van der Waals surface area contributed by atoms with Crippen molar-refractivity contribution in [2.75, 3.05) is 36.4 Å². The molecule has 0 radical (unpaired) electrons. The number of anilines is 2. The monoisotopic (exact) mass is 299 g/mol. The van der Waals surface area contributed by atoms with Gasteiger partial charge in [0.2, 0.25) is 0 Å². The lowest BCUT2D eigenvalue weighted by atomic mass is 10.1. The summed E-state index contributed by atoms with van der Waals surface area (Å²) in [5, 5.41) is 6.02. The van der Waals surface area contributed by atoms with Gasteiger partial charge in [0.15, 0.2) is 0 Å². The molecule has 0 spiro atoms. The molecule has 0 bridgehead atoms. The minimum Gasteiger partial charge on any atom is -0.369 e. The Kier molecular flexibility index (Phi) is 4.34. The maximum absolute atomic E-state index is 13.2. The molecular weight excluding hydrogens is 281 g/mol. The second-order valence-electron chi connectivity index (χ2n) is 5.25. The fraction of sp³-hybridized carbons (Fsp3) is 0.235. The van der Waals surface area contributed by atoms with Gasteiger partial charge in [0.1, 0.15) is 5.82 Å². The highest BCUT2D eigenvalue weighted by Crippen LogP contribution is 2.18. The van der Waals surface area contributed by atoms with Crippen LogP contribution in [0.5, 0.6) is 0 Å². The number of benzene rings is 2. The summed E-state index contributed by atoms with van der Waals surface area (Å²) in [5.74, 6) is -0.602. The highest BCUT2D eigenvalue weighted by Gasteiger charge is 2.13. The Balaban J connectivity index is 1.75. The topological polar surface area (TPSA) is 44.4 Å². The normalized spacial score (nSPS) is 14.7. The standard InChI is InChI=1S/C17H18FN3O/c18-14-4-2-5-15(12-14)20-17(22)13-3-1-6-16(11-13)21-9-7-19-8-10-21/h1-6,11-12,19H,7-10H2,(H,20,22). The molecule has 2 aromatic carbocycles. The molecule has 0 aliphatic carbocycles. The Hall–Kier alpha value is -2.40. The van der Waals surface area contributed by atoms with Gasteiger partial charge in [-0.3, -0.25) is 4.79 Å². The van der Waals surface area contributed by atoms with Crippen LogP contribution >= 0.6 is 0 Å². The zero-order valence-corrected chi connectivity index (χ0v) is 12.2. The summed E-state index contributed by atoms with van der Waals surface area (Å²) in [6.07, 6.45) is 0. The van der Waals surface area contributed by atoms with Crippen LogP contribution < -0.4 is 15.5 Å². The van der Waals surface area contributed by atoms with Crippen LogP contribution in [0.4, 0.5) is 15.8 Å². The summed E-state index contributed by atoms with van der Waals surface area (Å²) in [7, 11) is 0. The highest BCUT2D eigenvalue weighted by atomic mass is 19.1. The van der Waals surface area contributed by atoms with E-state index in [9.17, 15) is 9.18 Å². The molecule has 2 aromatic rings. The van der Waals surface area contributed by atoms with Gasteiger partial charge in [-0.05, 0) is 36.4 Å². The molecule has 114 valence electrons. The van der Waals surface area contributed by atoms with Crippen molar-refractivity contribution in [2.45, 2.75) is 0 Å². The predicted molar refractivity (Wildman–Crippen MR) is 85.9 cm³/mol. The van der Waals surface area contributed by atoms with Gasteiger partial charge in [-0.1, -0.05) is 12.1 Å². The first-order valence-electron chi connectivity index (χ1n) is 7.35. The largest absolute Gasteiger partial charge is 0.369 e. The number of halogens is 1. The molecule has 1 saturated heterocycles. The SMILES string of the molecule is O=C(Nc1cccc(F)c1)c1cccc(N2CCNCC2)c1. The first kappa shape index (κ1) is 14.5. The summed E-state index contributed by atoms with van der Waals surface area (Å²) < 4.78 is 13.2. The summed E-state index contributed by atoms with van der Waals surface area (Å²) in [6.45, 7) is 3.74. The quantitative estimate of drug-likeness (QED) is 0.915. The van der Waals surface area contributed by atoms with Crippen LogP contribution in [0.25, 0.3) is 0 Å². The first-order chi connectivity index (χ1) is 10.7. The third-order valence-electron chi connectivity index (χ3n) is 3.67. The molecule has 1 amide bonds. The van der Waals surface area contributed by atoms with E-state index in [2.05, 4.69) is 15.5 Å². The zero-order chi connectivity index (χ0) is 15.4. The van der Waals surface area contributed by atoms with E-state index in [-0.39, 0.29) is 11.7 Å². The zero-order valence-electron chi connectivity index (χ0n) is 12.2. The van der Waals surface area contributed by atoms with E-state index in [4.69, 9.17) is 0 Å². The summed E-state index contributed by atoms with van der Waals surface area (Å²) >= 11 is 0. The van der Waals surface area contributed by atoms with Crippen molar-refractivity contribution in [3.63, 3.8) is 0 Å². The van der Waals surface area contributed by atoms with Crippen molar-refractivity contribution in [3.05, 3.63) is 59.9 Å². The van der Waals surface area contributed by atoms with Crippen molar-refractivity contribution < 1.29 is 9.18 Å². The molecule has 1 heterocycles. The van der Waals surface area contributed by atoms with Gasteiger partial charge in [-0.25, -0.2) is 4.39 Å². The molecule has 1 aliphatic heterocycles. The van der Waals surface area contributed by atoms with E-state index in [0.29, 0.717) is 11.3 Å². The first-order valence-corrected chi connectivity index (χ1v) is 7.35. The number of nitrogens with one attached hydrogen (secondary N) is 2. The van der Waals surface area contributed by atoms with E-state index in [1.54, 1.807) is 18.2 Å². The molecule has 0 saturated carbocycles. The molecule has 22 heavy (non-hydrogen) atoms. The maximum Gasteiger partial charge on any atom is 0.255 e. The number of amides is 1. The third-order valence-corrected chi connectivity index (χ3v) is 3.67. The van der Waals surface area contributed by atoms with Gasteiger partial charge >= 0.3 is 0 Å². The van der Waals surface area contributed by atoms with Crippen LogP contribution in [0.1, 0.15) is 10.4 Å². The van der Waals surface area contributed by atoms with Gasteiger partial charge in [-0.15, -0.1) is 0 Å². The minimum atomic E-state index is -0.368. The number of nitrogens with zero attached hydrogens (tertiary/aromatic N) is 1. The van der Waals surface area contributed by atoms with Crippen molar-refractivity contribution >= 4 is 17.3 Å². The lowest BCUT2D eigenvalue weighted by molar-refractivity contribution is 0.102. The fourth-order valence-corrected chi connectivity index (χ4v) is 2.54. The van der Waals surface area contributed by atoms with E-state index in [1.165, 1.54) is 12.1 Å². The predicted octanol–water partition coefficient (Wildman–Crippen LogP) is 2.49. The third kappa shape index (κ3) is 3.43. The molecule has 3 rings (SSSR count). The van der Waals surface area contributed by atoms with E-state index < -0.39 is 0 Å². The molecular formula is C17H18FN3O. The average Bonchev–Trinajstić information content (AvgIpc) is 2.56. The van der Waals surface area contributed by atoms with Gasteiger partial charge in [-0.2, -0.15) is 0 Å². The Labute approximate surface area is 128 Å². The molecule has 0 unspecified atom stereocenters. The number of carbonyl (C=O) groups is 1. The van der Waals surface area contributed by atoms with Crippen molar-refractivity contribution in [1.29, 1.82) is 0 Å². The Bertz CT molecular complexity index is 668. The average molecular weight is 299 g/mol. The second kappa shape index (κ2) is 6.58. The van der Waals surface area contributed by atoms with Gasteiger partial charge in [0.25, 0.3) is 5.91 Å². The molecule has 1 aliphatic rings. The lowest BCUT2D eigenvalue weighted by Crippen LogP contribution is -2.43. The van der Waals surface area contributed by atoms with Gasteiger partial charge < -0.3 is 15.5 Å². The number of piperazine rings is 1. The minimum absolute atomic E-state index is 0.234. The molecule has 4 nitrogen and oxygen atoms in total. The van der Waals surface area contributed by atoms with Crippen LogP contribution in [0.15, 0.2) is 48.5 Å². The highest BCUT2D eigenvalue weighted by molar-refractivity contribution is 6.04. The van der Waals surface area contributed by atoms with Crippen LogP contribution in [0, 0.1) is 5.82 Å². The Morgan fingerprint density at radius 3 is 2.64 bits per heavy atom. The maximum atomic E-state index is 13.2. The number of carbonyl (C=O) groups excluding carboxylic acids is 1. The molecule has 0 aromatic heterocycles. The summed E-state index contributed by atoms with van der Waals surface area (Å²) in [6, 6.07) is 13.4. The van der Waals surface area contributed by atoms with Gasteiger partial charge in [0, 0.05) is 43.1 Å². The fourth-order valence-electron chi connectivity index (χ4n) is 2.54. The smallest absolute Gasteiger partial charge is 0.255 e. The molecule has 5 heteroatoms. The lowest BCUT2D eigenvalue weighted by Gasteiger charge is -2.29. The second-order valence-corrected chi connectivity index (χ2v) is 5.25. The van der Waals surface area contributed by atoms with Crippen LogP contribution in [0.3, 0.4) is 0 Å². The van der Waals surface area contributed by atoms with Crippen LogP contribution in [0.2, 0.25) is 0 Å². The Morgan fingerprint density at radius 2 is 1.86 bits per heavy atom. The molecule has 1 fully saturated rings. The van der Waals surface area contributed by atoms with Crippen molar-refractivity contribution in [3.8, 4) is 0 Å². The van der Waals surface area contributed by atoms with Gasteiger partial charge in [0.05, 0.1) is 0 Å². The van der Waals surface area contributed by atoms with E-state index in [0.717, 1.165) is 31.9 Å². The van der Waals surface area contributed by atoms with E-state index in [1.807, 2.05) is 18.2 Å². The number of hydrogen-bond donors (Lipinski definition) is 2. The molecule has 2 N–H and O–H groups in total. The number of rotatable bonds is 3. The van der Waals surface area contributed by atoms with E-state index >= 15 is 0 Å².